The summed E-state index contributed by atoms with van der Waals surface area (Å²) >= 11 is 1.39. The van der Waals surface area contributed by atoms with Crippen LogP contribution in [0.5, 0.6) is 0 Å². The molecule has 0 radical (unpaired) electrons. The number of hydrogen-bond acceptors (Lipinski definition) is 5. The third kappa shape index (κ3) is 4.99. The van der Waals surface area contributed by atoms with Gasteiger partial charge in [0.1, 0.15) is 9.88 Å². The lowest BCUT2D eigenvalue weighted by atomic mass is 10.1. The van der Waals surface area contributed by atoms with Gasteiger partial charge in [0.2, 0.25) is 0 Å². The van der Waals surface area contributed by atoms with Gasteiger partial charge in [-0.2, -0.15) is 0 Å². The van der Waals surface area contributed by atoms with Gasteiger partial charge in [-0.25, -0.2) is 4.98 Å². The molecule has 1 aromatic carbocycles. The smallest absolute Gasteiger partial charge is 0.263 e. The topological polar surface area (TPSA) is 58.1 Å². The number of amides is 1. The van der Waals surface area contributed by atoms with Gasteiger partial charge in [-0.15, -0.1) is 11.3 Å². The van der Waals surface area contributed by atoms with Crippen molar-refractivity contribution in [2.75, 3.05) is 20.6 Å². The van der Waals surface area contributed by atoms with E-state index in [0.29, 0.717) is 11.4 Å². The van der Waals surface area contributed by atoms with Crippen molar-refractivity contribution in [2.24, 2.45) is 0 Å². The number of benzene rings is 1. The normalized spacial score (nSPS) is 12.1. The number of nitrogens with zero attached hydrogens (tertiary/aromatic N) is 3. The molecule has 0 saturated heterocycles. The highest BCUT2D eigenvalue weighted by atomic mass is 32.1. The third-order valence-corrected chi connectivity index (χ3v) is 5.61. The van der Waals surface area contributed by atoms with Gasteiger partial charge in [0.05, 0.1) is 11.4 Å². The number of likely N-dealkylation sites (N-methyl/N-ethyl adjacent to an activating group) is 1. The number of carbonyl (C=O) groups excluding carboxylic acids is 1. The van der Waals surface area contributed by atoms with Gasteiger partial charge in [0, 0.05) is 18.8 Å². The Bertz CT molecular complexity index is 878. The molecule has 140 valence electrons. The molecule has 2 heterocycles. The average molecular weight is 381 g/mol. The lowest BCUT2D eigenvalue weighted by Crippen LogP contribution is -2.41. The van der Waals surface area contributed by atoms with Crippen LogP contribution in [0, 0.1) is 6.92 Å². The molecule has 0 aliphatic carbocycles. The van der Waals surface area contributed by atoms with Crippen molar-refractivity contribution in [3.63, 3.8) is 0 Å². The Labute approximate surface area is 164 Å². The first-order valence-corrected chi connectivity index (χ1v) is 9.73. The van der Waals surface area contributed by atoms with E-state index in [2.05, 4.69) is 32.3 Å². The van der Waals surface area contributed by atoms with Crippen LogP contribution < -0.4 is 5.32 Å². The molecule has 27 heavy (non-hydrogen) atoms. The van der Waals surface area contributed by atoms with Gasteiger partial charge in [0.25, 0.3) is 5.91 Å². The van der Waals surface area contributed by atoms with Crippen molar-refractivity contribution < 1.29 is 4.79 Å². The zero-order valence-corrected chi connectivity index (χ0v) is 16.7. The number of thiazole rings is 1. The molecule has 3 aromatic rings. The second-order valence-corrected chi connectivity index (χ2v) is 7.66. The molecule has 5 nitrogen and oxygen atoms in total. The number of nitrogens with one attached hydrogen (secondary N) is 1. The molecule has 1 atom stereocenters. The average Bonchev–Trinajstić information content (AvgIpc) is 3.08. The lowest BCUT2D eigenvalue weighted by molar-refractivity contribution is 0.0945. The van der Waals surface area contributed by atoms with E-state index in [-0.39, 0.29) is 11.9 Å². The third-order valence-electron chi connectivity index (χ3n) is 4.43. The van der Waals surface area contributed by atoms with Crippen molar-refractivity contribution >= 4 is 17.2 Å². The SMILES string of the molecule is Cc1nc(-c2ccccn2)sc1C(=O)NCC(Cc1ccccc1)N(C)C. The fraction of sp³-hybridized carbons (Fsp3) is 0.286. The quantitative estimate of drug-likeness (QED) is 0.682. The lowest BCUT2D eigenvalue weighted by Gasteiger charge is -2.24. The van der Waals surface area contributed by atoms with Gasteiger partial charge in [-0.3, -0.25) is 9.78 Å². The van der Waals surface area contributed by atoms with Crippen LogP contribution in [0.3, 0.4) is 0 Å². The van der Waals surface area contributed by atoms with Gasteiger partial charge >= 0.3 is 0 Å². The maximum absolute atomic E-state index is 12.7. The van der Waals surface area contributed by atoms with Crippen molar-refractivity contribution in [1.29, 1.82) is 0 Å². The molecule has 1 amide bonds. The Hall–Kier alpha value is -2.57. The van der Waals surface area contributed by atoms with Crippen LogP contribution in [0.4, 0.5) is 0 Å². The fourth-order valence-electron chi connectivity index (χ4n) is 2.82. The summed E-state index contributed by atoms with van der Waals surface area (Å²) in [6.07, 6.45) is 2.62. The molecule has 2 aromatic heterocycles. The molecule has 0 aliphatic rings. The Balaban J connectivity index is 1.66. The van der Waals surface area contributed by atoms with Gasteiger partial charge in [0.15, 0.2) is 0 Å². The monoisotopic (exact) mass is 380 g/mol. The molecule has 0 aliphatic heterocycles. The summed E-state index contributed by atoms with van der Waals surface area (Å²) in [5, 5.41) is 3.85. The second kappa shape index (κ2) is 8.88. The van der Waals surface area contributed by atoms with E-state index in [1.54, 1.807) is 6.20 Å². The van der Waals surface area contributed by atoms with E-state index >= 15 is 0 Å². The Morgan fingerprint density at radius 1 is 1.15 bits per heavy atom. The molecule has 0 bridgehead atoms. The first kappa shape index (κ1) is 19.2. The van der Waals surface area contributed by atoms with Crippen LogP contribution in [0.15, 0.2) is 54.7 Å². The van der Waals surface area contributed by atoms with E-state index < -0.39 is 0 Å². The van der Waals surface area contributed by atoms with Crippen LogP contribution >= 0.6 is 11.3 Å². The molecular formula is C21H24N4OS. The van der Waals surface area contributed by atoms with E-state index in [0.717, 1.165) is 22.8 Å². The minimum Gasteiger partial charge on any atom is -0.350 e. The van der Waals surface area contributed by atoms with E-state index in [1.807, 2.05) is 57.4 Å². The molecule has 1 N–H and O–H groups in total. The summed E-state index contributed by atoms with van der Waals surface area (Å²) in [4.78, 5) is 24.3. The maximum Gasteiger partial charge on any atom is 0.263 e. The predicted molar refractivity (Wildman–Crippen MR) is 110 cm³/mol. The number of hydrogen-bond donors (Lipinski definition) is 1. The number of aryl methyl sites for hydroxylation is 1. The fourth-order valence-corrected chi connectivity index (χ4v) is 3.78. The zero-order valence-electron chi connectivity index (χ0n) is 15.8. The zero-order chi connectivity index (χ0) is 19.2. The van der Waals surface area contributed by atoms with E-state index in [4.69, 9.17) is 0 Å². The van der Waals surface area contributed by atoms with Crippen LogP contribution in [0.2, 0.25) is 0 Å². The molecule has 6 heteroatoms. The summed E-state index contributed by atoms with van der Waals surface area (Å²) < 4.78 is 0. The van der Waals surface area contributed by atoms with E-state index in [9.17, 15) is 4.79 Å². The number of rotatable bonds is 7. The summed E-state index contributed by atoms with van der Waals surface area (Å²) in [6.45, 7) is 2.45. The minimum atomic E-state index is -0.0768. The Kier molecular flexibility index (Phi) is 6.32. The van der Waals surface area contributed by atoms with Gasteiger partial charge in [-0.1, -0.05) is 36.4 Å². The molecule has 0 saturated carbocycles. The highest BCUT2D eigenvalue weighted by Gasteiger charge is 2.19. The summed E-state index contributed by atoms with van der Waals surface area (Å²) in [5.74, 6) is -0.0768. The molecule has 0 fully saturated rings. The van der Waals surface area contributed by atoms with Gasteiger partial charge in [-0.05, 0) is 45.1 Å². The van der Waals surface area contributed by atoms with Gasteiger partial charge < -0.3 is 10.2 Å². The number of pyridine rings is 1. The predicted octanol–water partition coefficient (Wildman–Crippen LogP) is 3.42. The highest BCUT2D eigenvalue weighted by molar-refractivity contribution is 7.17. The van der Waals surface area contributed by atoms with Crippen LogP contribution in [-0.4, -0.2) is 47.5 Å². The number of carbonyl (C=O) groups is 1. The van der Waals surface area contributed by atoms with Crippen LogP contribution in [0.25, 0.3) is 10.7 Å². The first-order chi connectivity index (χ1) is 13.0. The Morgan fingerprint density at radius 3 is 2.56 bits per heavy atom. The standard InChI is InChI=1S/C21H24N4OS/c1-15-19(27-21(24-15)18-11-7-8-12-22-18)20(26)23-14-17(25(2)3)13-16-9-5-4-6-10-16/h4-12,17H,13-14H2,1-3H3,(H,23,26). The molecule has 0 spiro atoms. The van der Waals surface area contributed by atoms with E-state index in [1.165, 1.54) is 16.9 Å². The molecule has 1 unspecified atom stereocenters. The summed E-state index contributed by atoms with van der Waals surface area (Å²) in [7, 11) is 4.08. The number of aromatic nitrogens is 2. The largest absolute Gasteiger partial charge is 0.350 e. The van der Waals surface area contributed by atoms with Crippen molar-refractivity contribution in [1.82, 2.24) is 20.2 Å². The summed E-state index contributed by atoms with van der Waals surface area (Å²) in [5.41, 5.74) is 2.79. The maximum atomic E-state index is 12.7. The Morgan fingerprint density at radius 2 is 1.89 bits per heavy atom. The van der Waals surface area contributed by atoms with Crippen molar-refractivity contribution in [2.45, 2.75) is 19.4 Å². The van der Waals surface area contributed by atoms with Crippen molar-refractivity contribution in [3.8, 4) is 10.7 Å². The minimum absolute atomic E-state index is 0.0768. The molecular weight excluding hydrogens is 356 g/mol. The second-order valence-electron chi connectivity index (χ2n) is 6.67. The summed E-state index contributed by atoms with van der Waals surface area (Å²) in [6, 6.07) is 16.2. The van der Waals surface area contributed by atoms with Crippen molar-refractivity contribution in [3.05, 3.63) is 70.9 Å². The van der Waals surface area contributed by atoms with Crippen LogP contribution in [0.1, 0.15) is 20.9 Å². The molecule has 3 rings (SSSR count). The van der Waals surface area contributed by atoms with Crippen LogP contribution in [-0.2, 0) is 6.42 Å². The first-order valence-electron chi connectivity index (χ1n) is 8.92. The highest BCUT2D eigenvalue weighted by Crippen LogP contribution is 2.26.